The minimum atomic E-state index is -0.919. The zero-order chi connectivity index (χ0) is 20.6. The molecule has 0 fully saturated rings. The van der Waals surface area contributed by atoms with Crippen molar-refractivity contribution in [2.45, 2.75) is 59.3 Å². The lowest BCUT2D eigenvalue weighted by molar-refractivity contribution is -0.147. The molecule has 0 saturated heterocycles. The SMILES string of the molecule is CC(CCC(=O)Cc1ccc(CC(=O)CCC(C)(C)C(=O)O)cc1)C(=O)O. The number of rotatable bonds is 12. The number of hydrogen-bond acceptors (Lipinski definition) is 4. The molecular formula is C21H28O6. The summed E-state index contributed by atoms with van der Waals surface area (Å²) in [5.41, 5.74) is 0.730. The number of carbonyl (C=O) groups excluding carboxylic acids is 2. The number of hydrogen-bond donors (Lipinski definition) is 2. The van der Waals surface area contributed by atoms with Crippen LogP contribution >= 0.6 is 0 Å². The van der Waals surface area contributed by atoms with Gasteiger partial charge in [-0.05, 0) is 37.8 Å². The van der Waals surface area contributed by atoms with Crippen molar-refractivity contribution in [3.8, 4) is 0 Å². The van der Waals surface area contributed by atoms with E-state index >= 15 is 0 Å². The summed E-state index contributed by atoms with van der Waals surface area (Å²) in [6.45, 7) is 4.79. The summed E-state index contributed by atoms with van der Waals surface area (Å²) < 4.78 is 0. The van der Waals surface area contributed by atoms with Crippen molar-refractivity contribution in [3.63, 3.8) is 0 Å². The molecule has 148 valence electrons. The van der Waals surface area contributed by atoms with Gasteiger partial charge in [0.15, 0.2) is 0 Å². The van der Waals surface area contributed by atoms with Crippen LogP contribution in [0.25, 0.3) is 0 Å². The molecular weight excluding hydrogens is 348 g/mol. The molecule has 1 rings (SSSR count). The van der Waals surface area contributed by atoms with Crippen LogP contribution in [0.15, 0.2) is 24.3 Å². The van der Waals surface area contributed by atoms with Crippen LogP contribution in [0.5, 0.6) is 0 Å². The van der Waals surface area contributed by atoms with Crippen LogP contribution in [-0.4, -0.2) is 33.7 Å². The van der Waals surface area contributed by atoms with Gasteiger partial charge in [-0.15, -0.1) is 0 Å². The Balaban J connectivity index is 2.47. The molecule has 0 aromatic heterocycles. The third kappa shape index (κ3) is 8.15. The molecule has 27 heavy (non-hydrogen) atoms. The first-order chi connectivity index (χ1) is 12.5. The predicted molar refractivity (Wildman–Crippen MR) is 101 cm³/mol. The summed E-state index contributed by atoms with van der Waals surface area (Å²) in [7, 11) is 0. The summed E-state index contributed by atoms with van der Waals surface area (Å²) in [6, 6.07) is 7.18. The first-order valence-electron chi connectivity index (χ1n) is 9.08. The molecule has 1 unspecified atom stereocenters. The maximum Gasteiger partial charge on any atom is 0.309 e. The average Bonchev–Trinajstić information content (AvgIpc) is 2.59. The summed E-state index contributed by atoms with van der Waals surface area (Å²) in [4.78, 5) is 45.8. The Hall–Kier alpha value is -2.50. The van der Waals surface area contributed by atoms with Gasteiger partial charge in [-0.2, -0.15) is 0 Å². The Morgan fingerprint density at radius 2 is 1.33 bits per heavy atom. The van der Waals surface area contributed by atoms with E-state index in [1.165, 1.54) is 0 Å². The first-order valence-corrected chi connectivity index (χ1v) is 9.08. The Morgan fingerprint density at radius 1 is 0.889 bits per heavy atom. The molecule has 0 saturated carbocycles. The van der Waals surface area contributed by atoms with E-state index in [1.54, 1.807) is 45.0 Å². The topological polar surface area (TPSA) is 109 Å². The van der Waals surface area contributed by atoms with Crippen molar-refractivity contribution in [1.29, 1.82) is 0 Å². The molecule has 0 amide bonds. The Kier molecular flexibility index (Phi) is 8.34. The lowest BCUT2D eigenvalue weighted by Gasteiger charge is -2.18. The van der Waals surface area contributed by atoms with Gasteiger partial charge in [-0.1, -0.05) is 31.2 Å². The van der Waals surface area contributed by atoms with Crippen LogP contribution < -0.4 is 0 Å². The maximum atomic E-state index is 12.1. The van der Waals surface area contributed by atoms with E-state index in [2.05, 4.69) is 0 Å². The lowest BCUT2D eigenvalue weighted by Crippen LogP contribution is -2.24. The number of benzene rings is 1. The van der Waals surface area contributed by atoms with E-state index in [0.29, 0.717) is 12.8 Å². The minimum absolute atomic E-state index is 0.0113. The largest absolute Gasteiger partial charge is 0.481 e. The minimum Gasteiger partial charge on any atom is -0.481 e. The van der Waals surface area contributed by atoms with Crippen LogP contribution in [0, 0.1) is 11.3 Å². The second kappa shape index (κ2) is 10.00. The first kappa shape index (κ1) is 22.5. The number of carbonyl (C=O) groups is 4. The van der Waals surface area contributed by atoms with E-state index in [-0.39, 0.29) is 37.2 Å². The van der Waals surface area contributed by atoms with Crippen molar-refractivity contribution in [2.75, 3.05) is 0 Å². The molecule has 0 spiro atoms. The van der Waals surface area contributed by atoms with E-state index in [0.717, 1.165) is 11.1 Å². The van der Waals surface area contributed by atoms with E-state index in [4.69, 9.17) is 10.2 Å². The molecule has 0 radical (unpaired) electrons. The highest BCUT2D eigenvalue weighted by molar-refractivity contribution is 5.83. The van der Waals surface area contributed by atoms with Gasteiger partial charge < -0.3 is 10.2 Å². The lowest BCUT2D eigenvalue weighted by atomic mass is 9.86. The van der Waals surface area contributed by atoms with Crippen LogP contribution in [0.2, 0.25) is 0 Å². The van der Waals surface area contributed by atoms with Gasteiger partial charge in [0.2, 0.25) is 0 Å². The molecule has 0 aliphatic rings. The zero-order valence-electron chi connectivity index (χ0n) is 16.2. The average molecular weight is 376 g/mol. The van der Waals surface area contributed by atoms with Crippen molar-refractivity contribution >= 4 is 23.5 Å². The van der Waals surface area contributed by atoms with Crippen LogP contribution in [0.3, 0.4) is 0 Å². The molecule has 2 N–H and O–H groups in total. The summed E-state index contributed by atoms with van der Waals surface area (Å²) in [5, 5.41) is 17.9. The quantitative estimate of drug-likeness (QED) is 0.579. The fraction of sp³-hybridized carbons (Fsp3) is 0.524. The second-order valence-electron chi connectivity index (χ2n) is 7.71. The van der Waals surface area contributed by atoms with Gasteiger partial charge in [0.25, 0.3) is 0 Å². The number of Topliss-reactive ketones (excluding diaryl/α,β-unsaturated/α-hetero) is 2. The monoisotopic (exact) mass is 376 g/mol. The van der Waals surface area contributed by atoms with Crippen LogP contribution in [-0.2, 0) is 32.0 Å². The third-order valence-corrected chi connectivity index (χ3v) is 4.71. The molecule has 1 atom stereocenters. The number of aliphatic carboxylic acids is 2. The molecule has 6 nitrogen and oxygen atoms in total. The molecule has 0 heterocycles. The van der Waals surface area contributed by atoms with Gasteiger partial charge in [-0.25, -0.2) is 0 Å². The van der Waals surface area contributed by atoms with Gasteiger partial charge in [0, 0.05) is 25.7 Å². The molecule has 1 aromatic carbocycles. The van der Waals surface area contributed by atoms with E-state index < -0.39 is 23.3 Å². The Labute approximate surface area is 159 Å². The molecule has 6 heteroatoms. The number of carboxylic acid groups (broad SMARTS) is 2. The molecule has 0 aliphatic carbocycles. The standard InChI is InChI=1S/C21H28O6/c1-14(19(24)25)4-9-17(22)12-15-5-7-16(8-6-15)13-18(23)10-11-21(2,3)20(26)27/h5-8,14H,4,9-13H2,1-3H3,(H,24,25)(H,26,27). The number of ketones is 2. The fourth-order valence-electron chi connectivity index (χ4n) is 2.47. The highest BCUT2D eigenvalue weighted by Gasteiger charge is 2.27. The third-order valence-electron chi connectivity index (χ3n) is 4.71. The Morgan fingerprint density at radius 3 is 1.74 bits per heavy atom. The molecule has 0 aliphatic heterocycles. The van der Waals surface area contributed by atoms with Crippen molar-refractivity contribution in [3.05, 3.63) is 35.4 Å². The smallest absolute Gasteiger partial charge is 0.309 e. The van der Waals surface area contributed by atoms with Gasteiger partial charge in [0.1, 0.15) is 11.6 Å². The van der Waals surface area contributed by atoms with Crippen LogP contribution in [0.1, 0.15) is 57.6 Å². The summed E-state index contributed by atoms with van der Waals surface area (Å²) in [5.74, 6) is -2.38. The van der Waals surface area contributed by atoms with Crippen molar-refractivity contribution in [2.24, 2.45) is 11.3 Å². The summed E-state index contributed by atoms with van der Waals surface area (Å²) in [6.07, 6.45) is 1.54. The highest BCUT2D eigenvalue weighted by Crippen LogP contribution is 2.23. The Bertz CT molecular complexity index is 687. The van der Waals surface area contributed by atoms with E-state index in [1.807, 2.05) is 0 Å². The van der Waals surface area contributed by atoms with Crippen LogP contribution in [0.4, 0.5) is 0 Å². The normalized spacial score (nSPS) is 12.4. The van der Waals surface area contributed by atoms with Gasteiger partial charge >= 0.3 is 11.9 Å². The van der Waals surface area contributed by atoms with Gasteiger partial charge in [-0.3, -0.25) is 19.2 Å². The van der Waals surface area contributed by atoms with Gasteiger partial charge in [0.05, 0.1) is 11.3 Å². The second-order valence-corrected chi connectivity index (χ2v) is 7.71. The molecule has 0 bridgehead atoms. The fourth-order valence-corrected chi connectivity index (χ4v) is 2.47. The highest BCUT2D eigenvalue weighted by atomic mass is 16.4. The predicted octanol–water partition coefficient (Wildman–Crippen LogP) is 3.30. The zero-order valence-corrected chi connectivity index (χ0v) is 16.2. The molecule has 1 aromatic rings. The maximum absolute atomic E-state index is 12.1. The summed E-state index contributed by atoms with van der Waals surface area (Å²) >= 11 is 0. The van der Waals surface area contributed by atoms with Crippen molar-refractivity contribution in [1.82, 2.24) is 0 Å². The van der Waals surface area contributed by atoms with Crippen molar-refractivity contribution < 1.29 is 29.4 Å². The number of carboxylic acids is 2. The van der Waals surface area contributed by atoms with E-state index in [9.17, 15) is 19.2 Å².